The number of aromatic nitrogens is 2. The van der Waals surface area contributed by atoms with Gasteiger partial charge in [-0.1, -0.05) is 12.1 Å². The van der Waals surface area contributed by atoms with Crippen LogP contribution in [0.1, 0.15) is 32.0 Å². The van der Waals surface area contributed by atoms with Crippen LogP contribution in [-0.4, -0.2) is 24.8 Å². The first kappa shape index (κ1) is 12.1. The molecule has 6 nitrogen and oxygen atoms in total. The zero-order valence-electron chi connectivity index (χ0n) is 9.02. The molecule has 1 atom stereocenters. The van der Waals surface area contributed by atoms with Crippen LogP contribution in [0.2, 0.25) is 0 Å². The number of hydrogen-bond acceptors (Lipinski definition) is 6. The van der Waals surface area contributed by atoms with E-state index in [0.29, 0.717) is 12.2 Å². The monoisotopic (exact) mass is 233 g/mol. The average Bonchev–Trinajstić information content (AvgIpc) is 2.50. The normalized spacial score (nSPS) is 16.3. The fourth-order valence-electron chi connectivity index (χ4n) is 0.928. The Hall–Kier alpha value is -0.950. The molecule has 0 aromatic carbocycles. The third-order valence-electron chi connectivity index (χ3n) is 2.10. The maximum Gasteiger partial charge on any atom is 0.241 e. The van der Waals surface area contributed by atoms with Gasteiger partial charge in [0, 0.05) is 6.26 Å². The largest absolute Gasteiger partial charge is 0.338 e. The summed E-state index contributed by atoms with van der Waals surface area (Å²) < 4.78 is 26.7. The minimum Gasteiger partial charge on any atom is -0.338 e. The summed E-state index contributed by atoms with van der Waals surface area (Å²) in [4.78, 5) is 3.96. The molecule has 86 valence electrons. The number of nitrogens with two attached hydrogens (primary N) is 1. The van der Waals surface area contributed by atoms with E-state index in [1.165, 1.54) is 0 Å². The van der Waals surface area contributed by atoms with E-state index in [9.17, 15) is 8.42 Å². The van der Waals surface area contributed by atoms with Crippen molar-refractivity contribution in [3.63, 3.8) is 0 Å². The Morgan fingerprint density at radius 2 is 2.13 bits per heavy atom. The van der Waals surface area contributed by atoms with E-state index in [-0.39, 0.29) is 11.6 Å². The molecule has 0 aliphatic heterocycles. The smallest absolute Gasteiger partial charge is 0.241 e. The van der Waals surface area contributed by atoms with Crippen LogP contribution < -0.4 is 5.73 Å². The second-order valence-electron chi connectivity index (χ2n) is 3.85. The molecule has 15 heavy (non-hydrogen) atoms. The second kappa shape index (κ2) is 3.90. The minimum atomic E-state index is -3.15. The highest BCUT2D eigenvalue weighted by atomic mass is 32.2. The first-order chi connectivity index (χ1) is 6.74. The van der Waals surface area contributed by atoms with Gasteiger partial charge in [-0.15, -0.1) is 0 Å². The highest BCUT2D eigenvalue weighted by Crippen LogP contribution is 2.18. The Morgan fingerprint density at radius 1 is 1.53 bits per heavy atom. The molecule has 0 aliphatic carbocycles. The van der Waals surface area contributed by atoms with Crippen LogP contribution in [0.15, 0.2) is 4.52 Å². The van der Waals surface area contributed by atoms with Gasteiger partial charge in [-0.25, -0.2) is 8.42 Å². The summed E-state index contributed by atoms with van der Waals surface area (Å²) in [6.07, 6.45) is 1.75. The highest BCUT2D eigenvalue weighted by Gasteiger charge is 2.25. The molecular weight excluding hydrogens is 218 g/mol. The number of sulfone groups is 1. The quantitative estimate of drug-likeness (QED) is 0.797. The summed E-state index contributed by atoms with van der Waals surface area (Å²) in [6, 6.07) is 0. The molecule has 0 saturated heterocycles. The molecule has 0 saturated carbocycles. The van der Waals surface area contributed by atoms with Crippen LogP contribution in [0, 0.1) is 0 Å². The molecular formula is C8H15N3O3S. The number of nitrogens with zero attached hydrogens (tertiary/aromatic N) is 2. The number of hydrogen-bond donors (Lipinski definition) is 1. The van der Waals surface area contributed by atoms with E-state index in [1.54, 1.807) is 6.92 Å². The lowest BCUT2D eigenvalue weighted by Crippen LogP contribution is -2.33. The first-order valence-corrected chi connectivity index (χ1v) is 6.60. The lowest BCUT2D eigenvalue weighted by Gasteiger charge is -2.16. The molecule has 1 aromatic heterocycles. The minimum absolute atomic E-state index is 0.0811. The van der Waals surface area contributed by atoms with E-state index < -0.39 is 15.4 Å². The van der Waals surface area contributed by atoms with Crippen LogP contribution in [-0.2, 0) is 21.1 Å². The van der Waals surface area contributed by atoms with Gasteiger partial charge < -0.3 is 10.3 Å². The van der Waals surface area contributed by atoms with E-state index in [2.05, 4.69) is 10.1 Å². The summed E-state index contributed by atoms with van der Waals surface area (Å²) in [5.41, 5.74) is 5.20. The van der Waals surface area contributed by atoms with Crippen molar-refractivity contribution in [2.24, 2.45) is 5.73 Å². The molecule has 0 aliphatic rings. The van der Waals surface area contributed by atoms with Crippen molar-refractivity contribution in [3.8, 4) is 0 Å². The van der Waals surface area contributed by atoms with Crippen molar-refractivity contribution in [2.45, 2.75) is 31.6 Å². The zero-order valence-corrected chi connectivity index (χ0v) is 9.84. The summed E-state index contributed by atoms with van der Waals surface area (Å²) >= 11 is 0. The van der Waals surface area contributed by atoms with Crippen molar-refractivity contribution in [2.75, 3.05) is 6.26 Å². The fourth-order valence-corrected chi connectivity index (χ4v) is 1.49. The lowest BCUT2D eigenvalue weighted by molar-refractivity contribution is 0.358. The van der Waals surface area contributed by atoms with E-state index in [4.69, 9.17) is 10.3 Å². The van der Waals surface area contributed by atoms with Gasteiger partial charge in [0.25, 0.3) is 0 Å². The molecule has 1 unspecified atom stereocenters. The predicted octanol–water partition coefficient (Wildman–Crippen LogP) is 0.198. The van der Waals surface area contributed by atoms with Crippen LogP contribution in [0.3, 0.4) is 0 Å². The van der Waals surface area contributed by atoms with Crippen LogP contribution in [0.5, 0.6) is 0 Å². The molecule has 2 N–H and O–H groups in total. The van der Waals surface area contributed by atoms with Crippen molar-refractivity contribution < 1.29 is 12.9 Å². The van der Waals surface area contributed by atoms with Gasteiger partial charge in [-0.05, 0) is 13.3 Å². The van der Waals surface area contributed by atoms with Crippen LogP contribution >= 0.6 is 0 Å². The molecule has 7 heteroatoms. The van der Waals surface area contributed by atoms with Gasteiger partial charge in [0.05, 0.1) is 5.54 Å². The molecule has 0 bridgehead atoms. The van der Waals surface area contributed by atoms with Gasteiger partial charge in [0.15, 0.2) is 15.7 Å². The maximum absolute atomic E-state index is 11.0. The van der Waals surface area contributed by atoms with Crippen LogP contribution in [0.25, 0.3) is 0 Å². The Kier molecular flexibility index (Phi) is 3.15. The van der Waals surface area contributed by atoms with Crippen molar-refractivity contribution in [3.05, 3.63) is 11.7 Å². The fraction of sp³-hybridized carbons (Fsp3) is 0.750. The summed E-state index contributed by atoms with van der Waals surface area (Å²) in [5, 5.41) is 3.67. The van der Waals surface area contributed by atoms with Gasteiger partial charge in [-0.3, -0.25) is 0 Å². The second-order valence-corrected chi connectivity index (χ2v) is 5.99. The van der Waals surface area contributed by atoms with Crippen LogP contribution in [0.4, 0.5) is 0 Å². The van der Waals surface area contributed by atoms with Crippen molar-refractivity contribution in [1.82, 2.24) is 10.1 Å². The van der Waals surface area contributed by atoms with E-state index >= 15 is 0 Å². The summed E-state index contributed by atoms with van der Waals surface area (Å²) in [7, 11) is -3.15. The van der Waals surface area contributed by atoms with Gasteiger partial charge in [-0.2, -0.15) is 4.98 Å². The lowest BCUT2D eigenvalue weighted by atomic mass is 10.0. The Labute approximate surface area is 88.8 Å². The molecule has 0 fully saturated rings. The number of rotatable bonds is 4. The van der Waals surface area contributed by atoms with Gasteiger partial charge in [0.2, 0.25) is 5.89 Å². The molecule has 0 amide bonds. The third-order valence-corrected chi connectivity index (χ3v) is 2.87. The predicted molar refractivity (Wildman–Crippen MR) is 54.7 cm³/mol. The topological polar surface area (TPSA) is 99.1 Å². The summed E-state index contributed by atoms with van der Waals surface area (Å²) in [6.45, 7) is 3.66. The van der Waals surface area contributed by atoms with E-state index in [1.807, 2.05) is 6.92 Å². The van der Waals surface area contributed by atoms with Crippen molar-refractivity contribution >= 4 is 9.84 Å². The standard InChI is InChI=1S/C8H15N3O3S/c1-4-8(2,9)7-10-6(14-11-7)5-15(3,12)13/h4-5,9H2,1-3H3. The zero-order chi connectivity index (χ0) is 11.7. The highest BCUT2D eigenvalue weighted by molar-refractivity contribution is 7.89. The Bertz CT molecular complexity index is 436. The molecule has 1 rings (SSSR count). The SMILES string of the molecule is CCC(C)(N)c1noc(CS(C)(=O)=O)n1. The van der Waals surface area contributed by atoms with Crippen molar-refractivity contribution in [1.29, 1.82) is 0 Å². The molecule has 1 heterocycles. The van der Waals surface area contributed by atoms with E-state index in [0.717, 1.165) is 6.26 Å². The maximum atomic E-state index is 11.0. The third kappa shape index (κ3) is 3.28. The summed E-state index contributed by atoms with van der Waals surface area (Å²) in [5.74, 6) is 0.168. The molecule has 0 spiro atoms. The first-order valence-electron chi connectivity index (χ1n) is 4.54. The molecule has 1 aromatic rings. The Morgan fingerprint density at radius 3 is 2.60 bits per heavy atom. The Balaban J connectivity index is 2.91. The van der Waals surface area contributed by atoms with Gasteiger partial charge in [0.1, 0.15) is 5.75 Å². The molecule has 0 radical (unpaired) electrons. The average molecular weight is 233 g/mol. The van der Waals surface area contributed by atoms with Gasteiger partial charge >= 0.3 is 0 Å².